The molecular weight excluding hydrogens is 609 g/mol. The maximum Gasteiger partial charge on any atom is 0.253 e. The van der Waals surface area contributed by atoms with Crippen molar-refractivity contribution in [1.82, 2.24) is 9.80 Å². The molecular formula is C33H38Cl3N3O4. The fourth-order valence-electron chi connectivity index (χ4n) is 6.10. The first-order chi connectivity index (χ1) is 20.2. The Bertz CT molecular complexity index is 1490. The summed E-state index contributed by atoms with van der Waals surface area (Å²) in [4.78, 5) is 34.1. The lowest BCUT2D eigenvalue weighted by atomic mass is 9.76. The Labute approximate surface area is 270 Å². The first-order valence-electron chi connectivity index (χ1n) is 14.4. The number of methoxy groups -OCH3 is 2. The monoisotopic (exact) mass is 645 g/mol. The highest BCUT2D eigenvalue weighted by Gasteiger charge is 2.50. The smallest absolute Gasteiger partial charge is 0.253 e. The summed E-state index contributed by atoms with van der Waals surface area (Å²) in [5, 5.41) is 0.927. The van der Waals surface area contributed by atoms with Crippen LogP contribution >= 0.6 is 35.6 Å². The molecule has 43 heavy (non-hydrogen) atoms. The van der Waals surface area contributed by atoms with Crippen LogP contribution in [-0.4, -0.2) is 68.6 Å². The van der Waals surface area contributed by atoms with Crippen LogP contribution in [0.25, 0.3) is 0 Å². The minimum Gasteiger partial charge on any atom is -0.497 e. The molecule has 2 amide bonds. The zero-order chi connectivity index (χ0) is 30.0. The van der Waals surface area contributed by atoms with E-state index in [9.17, 15) is 9.59 Å². The van der Waals surface area contributed by atoms with Crippen LogP contribution in [-0.2, 0) is 16.8 Å². The average Bonchev–Trinajstić information content (AvgIpc) is 3.59. The van der Waals surface area contributed by atoms with Crippen molar-refractivity contribution < 1.29 is 19.1 Å². The van der Waals surface area contributed by atoms with E-state index in [0.29, 0.717) is 45.8 Å². The average molecular weight is 647 g/mol. The van der Waals surface area contributed by atoms with Gasteiger partial charge in [0.15, 0.2) is 0 Å². The SMILES string of the molecule is CCN(CCN1CCCC1)C(=O)c1ccc(Cl)c(C2(C)C(=O)N(Cc3ccc(OC)cc3OC)c3ccc(Cl)cc32)c1.Cl. The van der Waals surface area contributed by atoms with Gasteiger partial charge in [-0.2, -0.15) is 0 Å². The van der Waals surface area contributed by atoms with Gasteiger partial charge in [0.1, 0.15) is 16.9 Å². The summed E-state index contributed by atoms with van der Waals surface area (Å²) < 4.78 is 11.0. The number of nitrogens with zero attached hydrogens (tertiary/aromatic N) is 3. The Balaban J connectivity index is 0.00000423. The molecule has 0 spiro atoms. The van der Waals surface area contributed by atoms with Crippen molar-refractivity contribution in [3.8, 4) is 11.5 Å². The first-order valence-corrected chi connectivity index (χ1v) is 15.1. The summed E-state index contributed by atoms with van der Waals surface area (Å²) in [7, 11) is 3.19. The van der Waals surface area contributed by atoms with Crippen molar-refractivity contribution in [2.75, 3.05) is 51.8 Å². The number of ether oxygens (including phenoxy) is 2. The largest absolute Gasteiger partial charge is 0.497 e. The quantitative estimate of drug-likeness (QED) is 0.241. The molecule has 2 aliphatic heterocycles. The van der Waals surface area contributed by atoms with Gasteiger partial charge in [0.05, 0.1) is 20.8 Å². The van der Waals surface area contributed by atoms with Crippen LogP contribution in [0.15, 0.2) is 54.6 Å². The van der Waals surface area contributed by atoms with Crippen LogP contribution < -0.4 is 14.4 Å². The highest BCUT2D eigenvalue weighted by molar-refractivity contribution is 6.33. The number of likely N-dealkylation sites (tertiary alicyclic amines) is 1. The highest BCUT2D eigenvalue weighted by Crippen LogP contribution is 2.49. The van der Waals surface area contributed by atoms with E-state index in [1.807, 2.05) is 43.0 Å². The third-order valence-electron chi connectivity index (χ3n) is 8.59. The van der Waals surface area contributed by atoms with Gasteiger partial charge in [0.25, 0.3) is 5.91 Å². The number of fused-ring (bicyclic) bond motifs is 1. The molecule has 2 aliphatic rings. The number of benzene rings is 3. The van der Waals surface area contributed by atoms with E-state index in [1.54, 1.807) is 49.5 Å². The summed E-state index contributed by atoms with van der Waals surface area (Å²) in [5.41, 5.74) is 2.20. The first kappa shape index (κ1) is 32.9. The molecule has 1 fully saturated rings. The van der Waals surface area contributed by atoms with Crippen LogP contribution in [0.3, 0.4) is 0 Å². The van der Waals surface area contributed by atoms with Crippen molar-refractivity contribution in [2.45, 2.75) is 38.6 Å². The maximum absolute atomic E-state index is 14.5. The van der Waals surface area contributed by atoms with Gasteiger partial charge in [-0.25, -0.2) is 0 Å². The molecule has 2 heterocycles. The van der Waals surface area contributed by atoms with E-state index in [2.05, 4.69) is 4.90 Å². The molecule has 10 heteroatoms. The molecule has 0 aliphatic carbocycles. The minimum atomic E-state index is -1.17. The lowest BCUT2D eigenvalue weighted by Gasteiger charge is -2.28. The summed E-state index contributed by atoms with van der Waals surface area (Å²) >= 11 is 13.3. The molecule has 0 bridgehead atoms. The molecule has 1 atom stereocenters. The van der Waals surface area contributed by atoms with Crippen LogP contribution in [0.5, 0.6) is 11.5 Å². The van der Waals surface area contributed by atoms with Gasteiger partial charge in [-0.3, -0.25) is 9.59 Å². The van der Waals surface area contributed by atoms with E-state index < -0.39 is 5.41 Å². The van der Waals surface area contributed by atoms with E-state index in [4.69, 9.17) is 32.7 Å². The van der Waals surface area contributed by atoms with E-state index in [1.165, 1.54) is 12.8 Å². The molecule has 1 unspecified atom stereocenters. The van der Waals surface area contributed by atoms with Crippen molar-refractivity contribution >= 4 is 53.1 Å². The van der Waals surface area contributed by atoms with E-state index in [-0.39, 0.29) is 30.8 Å². The second kappa shape index (κ2) is 13.8. The molecule has 3 aromatic carbocycles. The second-order valence-electron chi connectivity index (χ2n) is 11.0. The maximum atomic E-state index is 14.5. The van der Waals surface area contributed by atoms with Gasteiger partial charge in [-0.15, -0.1) is 12.4 Å². The number of anilines is 1. The molecule has 0 radical (unpaired) electrons. The van der Waals surface area contributed by atoms with E-state index in [0.717, 1.165) is 36.4 Å². The topological polar surface area (TPSA) is 62.3 Å². The zero-order valence-corrected chi connectivity index (χ0v) is 27.3. The van der Waals surface area contributed by atoms with Gasteiger partial charge in [-0.05, 0) is 99.4 Å². The fourth-order valence-corrected chi connectivity index (χ4v) is 6.58. The predicted octanol–water partition coefficient (Wildman–Crippen LogP) is 6.84. The second-order valence-corrected chi connectivity index (χ2v) is 11.8. The highest BCUT2D eigenvalue weighted by atomic mass is 35.5. The van der Waals surface area contributed by atoms with Crippen molar-refractivity contribution in [1.29, 1.82) is 0 Å². The van der Waals surface area contributed by atoms with E-state index >= 15 is 0 Å². The number of amides is 2. The third-order valence-corrected chi connectivity index (χ3v) is 9.15. The molecule has 7 nitrogen and oxygen atoms in total. The number of hydrogen-bond donors (Lipinski definition) is 0. The van der Waals surface area contributed by atoms with Crippen molar-refractivity contribution in [3.63, 3.8) is 0 Å². The fraction of sp³-hybridized carbons (Fsp3) is 0.394. The number of rotatable bonds is 10. The Morgan fingerprint density at radius 2 is 1.72 bits per heavy atom. The zero-order valence-electron chi connectivity index (χ0n) is 25.0. The van der Waals surface area contributed by atoms with Crippen molar-refractivity contribution in [2.24, 2.45) is 0 Å². The summed E-state index contributed by atoms with van der Waals surface area (Å²) in [6, 6.07) is 16.2. The lowest BCUT2D eigenvalue weighted by molar-refractivity contribution is -0.121. The molecule has 5 rings (SSSR count). The predicted molar refractivity (Wildman–Crippen MR) is 175 cm³/mol. The van der Waals surface area contributed by atoms with Gasteiger partial charge < -0.3 is 24.2 Å². The Kier molecular flexibility index (Phi) is 10.5. The summed E-state index contributed by atoms with van der Waals surface area (Å²) in [6.45, 7) is 8.38. The number of carbonyl (C=O) groups is 2. The Morgan fingerprint density at radius 1 is 0.977 bits per heavy atom. The molecule has 0 aromatic heterocycles. The minimum absolute atomic E-state index is 0. The van der Waals surface area contributed by atoms with Crippen LogP contribution in [0.4, 0.5) is 5.69 Å². The van der Waals surface area contributed by atoms with Gasteiger partial charge in [0, 0.05) is 52.6 Å². The van der Waals surface area contributed by atoms with Crippen LogP contribution in [0.2, 0.25) is 10.0 Å². The van der Waals surface area contributed by atoms with Gasteiger partial charge in [0.2, 0.25) is 5.91 Å². The number of carbonyl (C=O) groups excluding carboxylic acids is 2. The Hall–Kier alpha value is -2.97. The number of hydrogen-bond acceptors (Lipinski definition) is 5. The molecule has 0 saturated carbocycles. The van der Waals surface area contributed by atoms with Gasteiger partial charge >= 0.3 is 0 Å². The molecule has 3 aromatic rings. The number of halogens is 3. The standard InChI is InChI=1S/C33H37Cl2N3O4.ClH/c1-5-37(17-16-36-14-6-7-15-36)31(39)22-9-12-28(35)26(18-22)33(2)27-19-24(34)10-13-29(27)38(32(33)40)21-23-8-11-25(41-3)20-30(23)42-4;/h8-13,18-20H,5-7,14-17,21H2,1-4H3;1H. The van der Waals surface area contributed by atoms with Crippen molar-refractivity contribution in [3.05, 3.63) is 86.9 Å². The van der Waals surface area contributed by atoms with Crippen LogP contribution in [0, 0.1) is 0 Å². The van der Waals surface area contributed by atoms with Gasteiger partial charge in [-0.1, -0.05) is 23.2 Å². The normalized spacial score (nSPS) is 17.9. The number of likely N-dealkylation sites (N-methyl/N-ethyl adjacent to an activating group) is 1. The summed E-state index contributed by atoms with van der Waals surface area (Å²) in [6.07, 6.45) is 2.42. The summed E-state index contributed by atoms with van der Waals surface area (Å²) in [5.74, 6) is 1.04. The lowest BCUT2D eigenvalue weighted by Crippen LogP contribution is -2.40. The molecule has 1 saturated heterocycles. The third kappa shape index (κ3) is 6.32. The molecule has 230 valence electrons. The molecule has 0 N–H and O–H groups in total. The Morgan fingerprint density at radius 3 is 2.40 bits per heavy atom. The van der Waals surface area contributed by atoms with Crippen LogP contribution in [0.1, 0.15) is 53.7 Å².